The van der Waals surface area contributed by atoms with Gasteiger partial charge in [-0.05, 0) is 31.2 Å². The highest BCUT2D eigenvalue weighted by molar-refractivity contribution is 7.15. The van der Waals surface area contributed by atoms with Gasteiger partial charge in [0.05, 0.1) is 6.54 Å². The van der Waals surface area contributed by atoms with Crippen LogP contribution >= 0.6 is 11.3 Å². The first-order valence-electron chi connectivity index (χ1n) is 8.14. The molecule has 3 unspecified atom stereocenters. The summed E-state index contributed by atoms with van der Waals surface area (Å²) in [6, 6.07) is 0. The van der Waals surface area contributed by atoms with Crippen molar-refractivity contribution in [2.75, 3.05) is 26.9 Å². The normalized spacial score (nSPS) is 31.5. The predicted molar refractivity (Wildman–Crippen MR) is 90.1 cm³/mol. The number of rotatable bonds is 3. The first kappa shape index (κ1) is 17.7. The molecule has 2 saturated heterocycles. The number of hydrogen-bond donors (Lipinski definition) is 0. The van der Waals surface area contributed by atoms with E-state index >= 15 is 0 Å². The molecule has 0 aromatic carbocycles. The number of aromatic nitrogens is 2. The zero-order chi connectivity index (χ0) is 17.5. The highest BCUT2D eigenvalue weighted by atomic mass is 32.1. The molecule has 0 spiro atoms. The van der Waals surface area contributed by atoms with Gasteiger partial charge in [-0.2, -0.15) is 0 Å². The van der Waals surface area contributed by atoms with E-state index in [1.165, 1.54) is 11.3 Å². The Bertz CT molecular complexity index is 611. The van der Waals surface area contributed by atoms with Crippen LogP contribution in [0.3, 0.4) is 0 Å². The lowest BCUT2D eigenvalue weighted by molar-refractivity contribution is -0.164. The molecule has 2 fully saturated rings. The van der Waals surface area contributed by atoms with Gasteiger partial charge in [0.1, 0.15) is 11.7 Å². The lowest BCUT2D eigenvalue weighted by Gasteiger charge is -2.38. The largest absolute Gasteiger partial charge is 0.622 e. The summed E-state index contributed by atoms with van der Waals surface area (Å²) in [5.41, 5.74) is -0.176. The van der Waals surface area contributed by atoms with Crippen molar-refractivity contribution in [2.45, 2.75) is 51.4 Å². The first-order valence-corrected chi connectivity index (χ1v) is 8.96. The summed E-state index contributed by atoms with van der Waals surface area (Å²) in [6.45, 7) is 7.19. The summed E-state index contributed by atoms with van der Waals surface area (Å²) >= 11 is 1.29. The third-order valence-corrected chi connectivity index (χ3v) is 5.67. The number of hydrogen-bond acceptors (Lipinski definition) is 8. The molecule has 0 radical (unpaired) electrons. The number of quaternary nitrogens is 1. The smallest absolute Gasteiger partial charge is 0.339 e. The number of carbonyl (C=O) groups is 1. The topological polar surface area (TPSA) is 87.6 Å². The van der Waals surface area contributed by atoms with Crippen LogP contribution in [0.4, 0.5) is 5.13 Å². The van der Waals surface area contributed by atoms with Gasteiger partial charge in [0.15, 0.2) is 6.10 Å². The molecule has 24 heavy (non-hydrogen) atoms. The molecule has 1 aromatic heterocycles. The Hall–Kier alpha value is -1.13. The minimum Gasteiger partial charge on any atom is -0.622 e. The minimum atomic E-state index is -0.840. The Morgan fingerprint density at radius 3 is 2.79 bits per heavy atom. The maximum atomic E-state index is 13.4. The summed E-state index contributed by atoms with van der Waals surface area (Å²) < 4.78 is 10.1. The molecule has 3 atom stereocenters. The van der Waals surface area contributed by atoms with Crippen LogP contribution in [0.1, 0.15) is 38.6 Å². The van der Waals surface area contributed by atoms with Crippen LogP contribution in [-0.2, 0) is 19.7 Å². The average molecular weight is 356 g/mol. The molecule has 3 rings (SSSR count). The van der Waals surface area contributed by atoms with Crippen molar-refractivity contribution in [3.8, 4) is 0 Å². The number of nitrogens with zero attached hydrogens (tertiary/aromatic N) is 4. The van der Waals surface area contributed by atoms with Gasteiger partial charge in [0, 0.05) is 12.0 Å². The van der Waals surface area contributed by atoms with E-state index in [2.05, 4.69) is 10.2 Å². The second-order valence-corrected chi connectivity index (χ2v) is 8.46. The molecule has 1 aromatic rings. The molecule has 8 nitrogen and oxygen atoms in total. The zero-order valence-corrected chi connectivity index (χ0v) is 15.3. The number of hydroxylamine groups is 2. The lowest BCUT2D eigenvalue weighted by atomic mass is 9.98. The van der Waals surface area contributed by atoms with Crippen LogP contribution in [0.2, 0.25) is 0 Å². The number of esters is 1. The van der Waals surface area contributed by atoms with E-state index in [9.17, 15) is 10.0 Å². The highest BCUT2D eigenvalue weighted by Gasteiger charge is 2.46. The molecular formula is C15H24N4O4S. The van der Waals surface area contributed by atoms with E-state index in [-0.39, 0.29) is 12.1 Å². The second kappa shape index (κ2) is 6.30. The van der Waals surface area contributed by atoms with Crippen molar-refractivity contribution in [3.05, 3.63) is 10.2 Å². The molecule has 0 saturated carbocycles. The van der Waals surface area contributed by atoms with Crippen LogP contribution < -0.4 is 4.65 Å². The van der Waals surface area contributed by atoms with Gasteiger partial charge < -0.3 is 14.7 Å². The Morgan fingerprint density at radius 2 is 2.21 bits per heavy atom. The van der Waals surface area contributed by atoms with Gasteiger partial charge in [0.2, 0.25) is 0 Å². The van der Waals surface area contributed by atoms with E-state index < -0.39 is 22.9 Å². The summed E-state index contributed by atoms with van der Waals surface area (Å²) in [7, 11) is 1.83. The monoisotopic (exact) mass is 356 g/mol. The standard InChI is InChI=1S/C15H24N4O4S/c1-15(2,3)13-16-17-14(24-13)19(21)9-18(4)8-11(19)23-12(20)10-6-5-7-22-10/h10-11H,5-9H2,1-4H3. The van der Waals surface area contributed by atoms with Crippen molar-refractivity contribution in [1.29, 1.82) is 0 Å². The van der Waals surface area contributed by atoms with Crippen molar-refractivity contribution in [1.82, 2.24) is 19.7 Å². The Balaban J connectivity index is 1.80. The molecule has 0 N–H and O–H groups in total. The van der Waals surface area contributed by atoms with Crippen LogP contribution in [0, 0.1) is 5.21 Å². The molecule has 9 heteroatoms. The van der Waals surface area contributed by atoms with Crippen molar-refractivity contribution < 1.29 is 14.3 Å². The molecule has 0 amide bonds. The van der Waals surface area contributed by atoms with Gasteiger partial charge in [-0.15, -0.1) is 5.10 Å². The third-order valence-electron chi connectivity index (χ3n) is 4.21. The van der Waals surface area contributed by atoms with Crippen molar-refractivity contribution in [2.24, 2.45) is 0 Å². The molecular weight excluding hydrogens is 332 g/mol. The highest BCUT2D eigenvalue weighted by Crippen LogP contribution is 2.37. The zero-order valence-electron chi connectivity index (χ0n) is 14.5. The summed E-state index contributed by atoms with van der Waals surface area (Å²) in [4.78, 5) is 14.1. The van der Waals surface area contributed by atoms with Gasteiger partial charge in [-0.1, -0.05) is 25.9 Å². The van der Waals surface area contributed by atoms with Crippen LogP contribution in [0.25, 0.3) is 0 Å². The number of ether oxygens (including phenoxy) is 2. The maximum Gasteiger partial charge on any atom is 0.339 e. The van der Waals surface area contributed by atoms with Crippen LogP contribution in [0.5, 0.6) is 0 Å². The minimum absolute atomic E-state index is 0.176. The lowest BCUT2D eigenvalue weighted by Crippen LogP contribution is -2.51. The summed E-state index contributed by atoms with van der Waals surface area (Å²) in [5.74, 6) is -0.452. The Kier molecular flexibility index (Phi) is 4.65. The number of carbonyl (C=O) groups excluding carboxylic acids is 1. The van der Waals surface area contributed by atoms with E-state index in [4.69, 9.17) is 9.47 Å². The molecule has 0 bridgehead atoms. The molecule has 2 aliphatic heterocycles. The first-order chi connectivity index (χ1) is 11.2. The fraction of sp³-hybridized carbons (Fsp3) is 0.800. The summed E-state index contributed by atoms with van der Waals surface area (Å²) in [5, 5.41) is 22.8. The average Bonchev–Trinajstić information content (AvgIpc) is 3.19. The van der Waals surface area contributed by atoms with E-state index in [0.29, 0.717) is 24.7 Å². The van der Waals surface area contributed by atoms with Crippen LogP contribution in [0.15, 0.2) is 0 Å². The van der Waals surface area contributed by atoms with Gasteiger partial charge >= 0.3 is 11.1 Å². The summed E-state index contributed by atoms with van der Waals surface area (Å²) in [6.07, 6.45) is 0.0942. The molecule has 3 heterocycles. The predicted octanol–water partition coefficient (Wildman–Crippen LogP) is 1.59. The maximum absolute atomic E-state index is 13.4. The Labute approximate surface area is 145 Å². The molecule has 2 aliphatic rings. The van der Waals surface area contributed by atoms with E-state index in [1.807, 2.05) is 32.7 Å². The number of likely N-dealkylation sites (N-methyl/N-ethyl adjacent to an activating group) is 1. The second-order valence-electron chi connectivity index (χ2n) is 7.51. The van der Waals surface area contributed by atoms with Crippen molar-refractivity contribution >= 4 is 22.4 Å². The van der Waals surface area contributed by atoms with Gasteiger partial charge in [-0.25, -0.2) is 9.69 Å². The SMILES string of the molecule is CN1CC(OC(=O)C2CCCO2)[N+]([O-])(c2nnc(C(C)(C)C)s2)C1. The molecule has 0 aliphatic carbocycles. The fourth-order valence-corrected chi connectivity index (χ4v) is 3.83. The van der Waals surface area contributed by atoms with Gasteiger partial charge in [-0.3, -0.25) is 4.65 Å². The van der Waals surface area contributed by atoms with Gasteiger partial charge in [0.25, 0.3) is 6.23 Å². The fourth-order valence-electron chi connectivity index (χ4n) is 2.86. The quantitative estimate of drug-likeness (QED) is 0.462. The molecule has 134 valence electrons. The Morgan fingerprint density at radius 1 is 1.46 bits per heavy atom. The van der Waals surface area contributed by atoms with Crippen LogP contribution in [-0.4, -0.2) is 60.3 Å². The van der Waals surface area contributed by atoms with Crippen molar-refractivity contribution in [3.63, 3.8) is 0 Å². The van der Waals surface area contributed by atoms with E-state index in [0.717, 1.165) is 11.4 Å². The third kappa shape index (κ3) is 3.31. The van der Waals surface area contributed by atoms with E-state index in [1.54, 1.807) is 0 Å².